The molecule has 0 bridgehead atoms. The molecule has 1 fully saturated rings. The summed E-state index contributed by atoms with van der Waals surface area (Å²) in [5.74, 6) is -0.876. The van der Waals surface area contributed by atoms with Gasteiger partial charge in [0, 0.05) is 36.7 Å². The van der Waals surface area contributed by atoms with Crippen molar-refractivity contribution < 1.29 is 14.4 Å². The lowest BCUT2D eigenvalue weighted by atomic mass is 9.98. The second-order valence-electron chi connectivity index (χ2n) is 8.44. The van der Waals surface area contributed by atoms with Gasteiger partial charge in [0.1, 0.15) is 6.04 Å². The number of piperidine rings is 1. The number of nitrogens with one attached hydrogen (secondary N) is 2. The molecule has 1 atom stereocenters. The van der Waals surface area contributed by atoms with Gasteiger partial charge in [-0.05, 0) is 41.8 Å². The number of benzene rings is 2. The van der Waals surface area contributed by atoms with Gasteiger partial charge in [0.05, 0.1) is 29.3 Å². The Bertz CT molecular complexity index is 1470. The summed E-state index contributed by atoms with van der Waals surface area (Å²) in [7, 11) is 1.90. The number of aromatic amines is 1. The number of aromatic nitrogens is 4. The number of fused-ring (bicyclic) bond motifs is 2. The standard InChI is InChI=1S/C24H20N6O3/c1-29-22(14-3-5-18-19(9-14)26-12-25-18)17(10-27-29)13-2-4-16-15(8-13)11-30(24(16)33)20-6-7-21(31)28-23(20)32/h2-5,8-10,12,20H,6-7,11H2,1H3,(H,25,26)(H,28,31,32)/t20-/m0/s1. The van der Waals surface area contributed by atoms with Crippen molar-refractivity contribution >= 4 is 28.8 Å². The lowest BCUT2D eigenvalue weighted by Crippen LogP contribution is -2.52. The van der Waals surface area contributed by atoms with Crippen LogP contribution in [-0.4, -0.2) is 48.4 Å². The highest BCUT2D eigenvalue weighted by Crippen LogP contribution is 2.36. The number of imide groups is 1. The van der Waals surface area contributed by atoms with Crippen molar-refractivity contribution in [3.8, 4) is 22.4 Å². The maximum atomic E-state index is 13.0. The Balaban J connectivity index is 1.36. The van der Waals surface area contributed by atoms with Crippen molar-refractivity contribution in [3.63, 3.8) is 0 Å². The minimum absolute atomic E-state index is 0.179. The number of rotatable bonds is 3. The minimum atomic E-state index is -0.624. The number of aryl methyl sites for hydroxylation is 1. The Morgan fingerprint density at radius 1 is 1.03 bits per heavy atom. The lowest BCUT2D eigenvalue weighted by Gasteiger charge is -2.29. The summed E-state index contributed by atoms with van der Waals surface area (Å²) >= 11 is 0. The normalized spacial score (nSPS) is 18.2. The van der Waals surface area contributed by atoms with Crippen LogP contribution in [0.4, 0.5) is 0 Å². The van der Waals surface area contributed by atoms with Gasteiger partial charge in [0.15, 0.2) is 0 Å². The van der Waals surface area contributed by atoms with Crippen molar-refractivity contribution in [1.29, 1.82) is 0 Å². The maximum Gasteiger partial charge on any atom is 0.255 e. The molecule has 0 radical (unpaired) electrons. The van der Waals surface area contributed by atoms with Crippen LogP contribution >= 0.6 is 0 Å². The molecule has 9 nitrogen and oxygen atoms in total. The van der Waals surface area contributed by atoms with Crippen molar-refractivity contribution in [2.24, 2.45) is 7.05 Å². The highest BCUT2D eigenvalue weighted by atomic mass is 16.2. The van der Waals surface area contributed by atoms with Crippen LogP contribution in [0.1, 0.15) is 28.8 Å². The van der Waals surface area contributed by atoms with Crippen molar-refractivity contribution in [2.45, 2.75) is 25.4 Å². The zero-order chi connectivity index (χ0) is 22.7. The molecule has 6 rings (SSSR count). The molecule has 0 aliphatic carbocycles. The van der Waals surface area contributed by atoms with Gasteiger partial charge in [0.25, 0.3) is 5.91 Å². The molecule has 0 spiro atoms. The third-order valence-corrected chi connectivity index (χ3v) is 6.47. The van der Waals surface area contributed by atoms with Gasteiger partial charge in [0.2, 0.25) is 11.8 Å². The van der Waals surface area contributed by atoms with Gasteiger partial charge in [-0.15, -0.1) is 0 Å². The topological polar surface area (TPSA) is 113 Å². The van der Waals surface area contributed by atoms with Crippen LogP contribution < -0.4 is 5.32 Å². The smallest absolute Gasteiger partial charge is 0.255 e. The largest absolute Gasteiger partial charge is 0.345 e. The first-order valence-corrected chi connectivity index (χ1v) is 10.7. The van der Waals surface area contributed by atoms with E-state index in [9.17, 15) is 14.4 Å². The van der Waals surface area contributed by atoms with Crippen LogP contribution in [0.25, 0.3) is 33.4 Å². The molecule has 9 heteroatoms. The molecule has 0 unspecified atom stereocenters. The molecule has 2 N–H and O–H groups in total. The van der Waals surface area contributed by atoms with Gasteiger partial charge in [-0.1, -0.05) is 12.1 Å². The fourth-order valence-electron chi connectivity index (χ4n) is 4.82. The molecule has 4 aromatic rings. The Morgan fingerprint density at radius 2 is 1.88 bits per heavy atom. The van der Waals surface area contributed by atoms with Crippen molar-refractivity contribution in [3.05, 3.63) is 60.0 Å². The first-order chi connectivity index (χ1) is 16.0. The number of carbonyl (C=O) groups excluding carboxylic acids is 3. The molecular formula is C24H20N6O3. The zero-order valence-electron chi connectivity index (χ0n) is 17.8. The zero-order valence-corrected chi connectivity index (χ0v) is 17.8. The highest BCUT2D eigenvalue weighted by Gasteiger charge is 2.39. The third-order valence-electron chi connectivity index (χ3n) is 6.47. The second kappa shape index (κ2) is 7.13. The van der Waals surface area contributed by atoms with E-state index in [4.69, 9.17) is 0 Å². The van der Waals surface area contributed by atoms with E-state index >= 15 is 0 Å². The monoisotopic (exact) mass is 440 g/mol. The summed E-state index contributed by atoms with van der Waals surface area (Å²) in [4.78, 5) is 45.8. The number of hydrogen-bond acceptors (Lipinski definition) is 5. The van der Waals surface area contributed by atoms with E-state index < -0.39 is 11.9 Å². The summed E-state index contributed by atoms with van der Waals surface area (Å²) in [5, 5.41) is 6.82. The van der Waals surface area contributed by atoms with Gasteiger partial charge >= 0.3 is 0 Å². The van der Waals surface area contributed by atoms with Gasteiger partial charge in [-0.25, -0.2) is 4.98 Å². The molecule has 164 valence electrons. The lowest BCUT2D eigenvalue weighted by molar-refractivity contribution is -0.136. The minimum Gasteiger partial charge on any atom is -0.345 e. The van der Waals surface area contributed by atoms with Crippen LogP contribution in [0.3, 0.4) is 0 Å². The SMILES string of the molecule is Cn1ncc(-c2ccc3c(c2)CN([C@H]2CCC(=O)NC2=O)C3=O)c1-c1ccc2nc[nH]c2c1. The number of H-pyrrole nitrogens is 1. The Labute approximate surface area is 188 Å². The molecule has 1 saturated heterocycles. The van der Waals surface area contributed by atoms with Crippen LogP contribution in [0, 0.1) is 0 Å². The third kappa shape index (κ3) is 3.04. The van der Waals surface area contributed by atoms with E-state index in [1.54, 1.807) is 11.2 Å². The van der Waals surface area contributed by atoms with Crippen molar-refractivity contribution in [2.75, 3.05) is 0 Å². The average molecular weight is 440 g/mol. The molecule has 33 heavy (non-hydrogen) atoms. The quantitative estimate of drug-likeness (QED) is 0.475. The van der Waals surface area contributed by atoms with E-state index in [-0.39, 0.29) is 18.2 Å². The van der Waals surface area contributed by atoms with Crippen LogP contribution in [0.5, 0.6) is 0 Å². The first-order valence-electron chi connectivity index (χ1n) is 10.7. The van der Waals surface area contributed by atoms with E-state index in [1.165, 1.54) is 0 Å². The summed E-state index contributed by atoms with van der Waals surface area (Å²) in [6, 6.07) is 11.1. The summed E-state index contributed by atoms with van der Waals surface area (Å²) in [6.07, 6.45) is 4.08. The molecule has 4 heterocycles. The molecule has 0 saturated carbocycles. The Hall–Kier alpha value is -4.27. The molecule has 2 aliphatic rings. The van der Waals surface area contributed by atoms with E-state index in [0.717, 1.165) is 39.0 Å². The highest BCUT2D eigenvalue weighted by molar-refractivity contribution is 6.05. The summed E-state index contributed by atoms with van der Waals surface area (Å²) in [6.45, 7) is 0.337. The average Bonchev–Trinajstić information content (AvgIpc) is 3.50. The Morgan fingerprint density at radius 3 is 2.73 bits per heavy atom. The first kappa shape index (κ1) is 19.4. The van der Waals surface area contributed by atoms with E-state index in [2.05, 4.69) is 20.4 Å². The predicted molar refractivity (Wildman–Crippen MR) is 120 cm³/mol. The van der Waals surface area contributed by atoms with Crippen LogP contribution in [-0.2, 0) is 23.2 Å². The van der Waals surface area contributed by atoms with Crippen molar-refractivity contribution in [1.82, 2.24) is 30.0 Å². The fraction of sp³-hybridized carbons (Fsp3) is 0.208. The molecule has 2 aromatic heterocycles. The molecule has 2 aromatic carbocycles. The van der Waals surface area contributed by atoms with Crippen LogP contribution in [0.2, 0.25) is 0 Å². The summed E-state index contributed by atoms with van der Waals surface area (Å²) in [5.41, 5.74) is 7.15. The number of carbonyl (C=O) groups is 3. The fourth-order valence-corrected chi connectivity index (χ4v) is 4.82. The number of imidazole rings is 1. The molecule has 2 aliphatic heterocycles. The van der Waals surface area contributed by atoms with E-state index in [0.29, 0.717) is 18.5 Å². The van der Waals surface area contributed by atoms with E-state index in [1.807, 2.05) is 54.3 Å². The Kier molecular flexibility index (Phi) is 4.19. The number of amides is 3. The number of hydrogen-bond donors (Lipinski definition) is 2. The molecular weight excluding hydrogens is 420 g/mol. The molecule has 3 amide bonds. The second-order valence-corrected chi connectivity index (χ2v) is 8.44. The van der Waals surface area contributed by atoms with Gasteiger partial charge in [-0.3, -0.25) is 24.4 Å². The van der Waals surface area contributed by atoms with Gasteiger partial charge in [-0.2, -0.15) is 5.10 Å². The maximum absolute atomic E-state index is 13.0. The predicted octanol–water partition coefficient (Wildman–Crippen LogP) is 2.39. The number of nitrogens with zero attached hydrogens (tertiary/aromatic N) is 4. The van der Waals surface area contributed by atoms with Crippen LogP contribution in [0.15, 0.2) is 48.9 Å². The summed E-state index contributed by atoms with van der Waals surface area (Å²) < 4.78 is 1.83. The van der Waals surface area contributed by atoms with Gasteiger partial charge < -0.3 is 9.88 Å².